The minimum atomic E-state index is -0.141. The second-order valence-corrected chi connectivity index (χ2v) is 17.4. The van der Waals surface area contributed by atoms with Crippen LogP contribution >= 0.6 is 0 Å². The number of hydrogen-bond acceptors (Lipinski definition) is 0. The summed E-state index contributed by atoms with van der Waals surface area (Å²) in [6.07, 6.45) is 10.0. The molecule has 0 saturated carbocycles. The van der Waals surface area contributed by atoms with Crippen molar-refractivity contribution in [1.82, 2.24) is 0 Å². The normalized spacial score (nSPS) is 12.8. The van der Waals surface area contributed by atoms with Crippen LogP contribution in [0.4, 0.5) is 0 Å². The number of rotatable bonds is 10. The summed E-state index contributed by atoms with van der Waals surface area (Å²) in [6, 6.07) is 26.6. The van der Waals surface area contributed by atoms with Crippen LogP contribution in [0.3, 0.4) is 0 Å². The molecule has 3 aromatic carbocycles. The van der Waals surface area contributed by atoms with Crippen LogP contribution in [0.15, 0.2) is 115 Å². The Balaban J connectivity index is 0. The highest BCUT2D eigenvalue weighted by atomic mass is 14.3. The zero-order valence-electron chi connectivity index (χ0n) is 38.4. The van der Waals surface area contributed by atoms with Crippen molar-refractivity contribution in [3.8, 4) is 0 Å². The van der Waals surface area contributed by atoms with E-state index in [4.69, 9.17) is 0 Å². The summed E-state index contributed by atoms with van der Waals surface area (Å²) in [5, 5.41) is 0. The number of allylic oxidation sites excluding steroid dienone is 6. The van der Waals surface area contributed by atoms with Gasteiger partial charge in [-0.25, -0.2) is 0 Å². The SMILES string of the molecule is C=C(C)c1ccc(C)c(C(C)(C)C)c1.C=C/C(=C\C(C)=C/CCC(C)(C)C)C(C)(Cc1ccccc1)c1ccc(C(C)C)cc1.CC.CC.CC(C)C. The quantitative estimate of drug-likeness (QED) is 0.183. The first-order valence-corrected chi connectivity index (χ1v) is 20.5. The second kappa shape index (κ2) is 25.6. The third-order valence-electron chi connectivity index (χ3n) is 8.75. The van der Waals surface area contributed by atoms with E-state index in [1.807, 2.05) is 27.7 Å². The van der Waals surface area contributed by atoms with Gasteiger partial charge in [-0.15, -0.1) is 0 Å². The Kier molecular flexibility index (Phi) is 25.0. The van der Waals surface area contributed by atoms with Gasteiger partial charge < -0.3 is 0 Å². The summed E-state index contributed by atoms with van der Waals surface area (Å²) in [4.78, 5) is 0. The molecule has 0 amide bonds. The lowest BCUT2D eigenvalue weighted by atomic mass is 9.70. The van der Waals surface area contributed by atoms with Crippen LogP contribution in [0.5, 0.6) is 0 Å². The minimum Gasteiger partial charge on any atom is -0.0988 e. The van der Waals surface area contributed by atoms with Crippen molar-refractivity contribution < 1.29 is 0 Å². The Morgan fingerprint density at radius 1 is 0.736 bits per heavy atom. The Morgan fingerprint density at radius 3 is 1.66 bits per heavy atom. The van der Waals surface area contributed by atoms with Crippen LogP contribution in [0, 0.1) is 18.3 Å². The molecule has 0 N–H and O–H groups in total. The third kappa shape index (κ3) is 20.6. The molecule has 0 aliphatic rings. The molecule has 1 unspecified atom stereocenters. The van der Waals surface area contributed by atoms with E-state index in [-0.39, 0.29) is 10.8 Å². The number of benzene rings is 3. The molecule has 0 saturated heterocycles. The molecule has 0 radical (unpaired) electrons. The summed E-state index contributed by atoms with van der Waals surface area (Å²) < 4.78 is 0. The van der Waals surface area contributed by atoms with E-state index in [1.165, 1.54) is 50.9 Å². The molecule has 0 aromatic heterocycles. The first-order valence-electron chi connectivity index (χ1n) is 20.5. The molecule has 53 heavy (non-hydrogen) atoms. The lowest BCUT2D eigenvalue weighted by molar-refractivity contribution is 0.381. The van der Waals surface area contributed by atoms with E-state index in [0.29, 0.717) is 11.3 Å². The van der Waals surface area contributed by atoms with Crippen molar-refractivity contribution in [3.05, 3.63) is 149 Å². The average molecular weight is 721 g/mol. The van der Waals surface area contributed by atoms with Gasteiger partial charge in [0.15, 0.2) is 0 Å². The van der Waals surface area contributed by atoms with Gasteiger partial charge >= 0.3 is 0 Å². The fraction of sp³-hybridized carbons (Fsp3) is 0.509. The zero-order valence-corrected chi connectivity index (χ0v) is 38.4. The van der Waals surface area contributed by atoms with E-state index in [1.54, 1.807) is 0 Å². The van der Waals surface area contributed by atoms with E-state index < -0.39 is 0 Å². The van der Waals surface area contributed by atoms with Gasteiger partial charge in [0.05, 0.1) is 0 Å². The van der Waals surface area contributed by atoms with Gasteiger partial charge in [-0.3, -0.25) is 0 Å². The maximum atomic E-state index is 4.22. The smallest absolute Gasteiger partial charge is 0.0214 e. The van der Waals surface area contributed by atoms with Gasteiger partial charge in [0.25, 0.3) is 0 Å². The van der Waals surface area contributed by atoms with E-state index in [2.05, 4.69) is 208 Å². The van der Waals surface area contributed by atoms with Crippen molar-refractivity contribution in [2.45, 2.75) is 168 Å². The molecule has 0 bridgehead atoms. The van der Waals surface area contributed by atoms with Crippen molar-refractivity contribution >= 4 is 5.57 Å². The molecule has 0 heteroatoms. The fourth-order valence-corrected chi connectivity index (χ4v) is 5.79. The predicted molar refractivity (Wildman–Crippen MR) is 247 cm³/mol. The molecule has 0 spiro atoms. The van der Waals surface area contributed by atoms with Gasteiger partial charge in [0, 0.05) is 5.41 Å². The maximum Gasteiger partial charge on any atom is 0.0214 e. The molecule has 3 rings (SSSR count). The molecule has 0 nitrogen and oxygen atoms in total. The summed E-state index contributed by atoms with van der Waals surface area (Å²) in [6.45, 7) is 49.7. The number of aryl methyl sites for hydroxylation is 1. The summed E-state index contributed by atoms with van der Waals surface area (Å²) >= 11 is 0. The predicted octanol–water partition coefficient (Wildman–Crippen LogP) is 17.2. The minimum absolute atomic E-state index is 0.141. The first kappa shape index (κ1) is 51.7. The van der Waals surface area contributed by atoms with Crippen LogP contribution in [-0.2, 0) is 17.3 Å². The van der Waals surface area contributed by atoms with Crippen molar-refractivity contribution in [3.63, 3.8) is 0 Å². The number of hydrogen-bond donors (Lipinski definition) is 0. The van der Waals surface area contributed by atoms with Gasteiger partial charge in [-0.1, -0.05) is 226 Å². The Morgan fingerprint density at radius 2 is 1.25 bits per heavy atom. The van der Waals surface area contributed by atoms with Crippen LogP contribution < -0.4 is 0 Å². The van der Waals surface area contributed by atoms with Crippen molar-refractivity contribution in [2.24, 2.45) is 11.3 Å². The Labute approximate surface area is 332 Å². The molecule has 0 aliphatic heterocycles. The summed E-state index contributed by atoms with van der Waals surface area (Å²) in [7, 11) is 0. The van der Waals surface area contributed by atoms with Crippen molar-refractivity contribution in [1.29, 1.82) is 0 Å². The molecule has 296 valence electrons. The summed E-state index contributed by atoms with van der Waals surface area (Å²) in [5.74, 6) is 1.37. The summed E-state index contributed by atoms with van der Waals surface area (Å²) in [5.41, 5.74) is 12.3. The molecule has 3 aromatic rings. The fourth-order valence-electron chi connectivity index (χ4n) is 5.79. The van der Waals surface area contributed by atoms with Gasteiger partial charge in [0.1, 0.15) is 0 Å². The van der Waals surface area contributed by atoms with Crippen LogP contribution in [0.1, 0.15) is 177 Å². The topological polar surface area (TPSA) is 0 Å². The van der Waals surface area contributed by atoms with Gasteiger partial charge in [-0.2, -0.15) is 0 Å². The molecule has 0 fully saturated rings. The Bertz CT molecular complexity index is 1490. The van der Waals surface area contributed by atoms with E-state index in [0.717, 1.165) is 24.3 Å². The highest BCUT2D eigenvalue weighted by molar-refractivity contribution is 5.63. The van der Waals surface area contributed by atoms with Crippen LogP contribution in [0.25, 0.3) is 5.57 Å². The highest BCUT2D eigenvalue weighted by Gasteiger charge is 2.30. The standard InChI is InChI=1S/C31H42.C14H20.C4H10.2C2H6/c1-9-28(22-25(4)14-13-21-30(5,6)7)31(8,23-26-15-11-10-12-16-26)29-19-17-27(18-20-29)24(2)3;1-10(2)12-8-7-11(3)13(9-12)14(4,5)6;1-4(2)3;2*1-2/h9-12,14-20,22,24H,1,13,21,23H2,2-8H3;7-9H,1H2,2-6H3;4H,1-3H3;2*1-2H3/b25-14-,28-22+;;;;. The van der Waals surface area contributed by atoms with Crippen molar-refractivity contribution in [2.75, 3.05) is 0 Å². The second-order valence-electron chi connectivity index (χ2n) is 17.4. The molecule has 0 aliphatic carbocycles. The first-order chi connectivity index (χ1) is 24.6. The largest absolute Gasteiger partial charge is 0.0988 e. The lowest BCUT2D eigenvalue weighted by Crippen LogP contribution is -2.27. The van der Waals surface area contributed by atoms with Crippen LogP contribution in [0.2, 0.25) is 0 Å². The zero-order chi connectivity index (χ0) is 41.6. The van der Waals surface area contributed by atoms with E-state index in [9.17, 15) is 0 Å². The molecule has 1 atom stereocenters. The maximum absolute atomic E-state index is 4.22. The highest BCUT2D eigenvalue weighted by Crippen LogP contribution is 2.38. The van der Waals surface area contributed by atoms with Gasteiger partial charge in [0.2, 0.25) is 0 Å². The lowest BCUT2D eigenvalue weighted by Gasteiger charge is -2.33. The molecular formula is C53H84. The van der Waals surface area contributed by atoms with Crippen LogP contribution in [-0.4, -0.2) is 0 Å². The average Bonchev–Trinajstić information content (AvgIpc) is 3.08. The van der Waals surface area contributed by atoms with E-state index >= 15 is 0 Å². The monoisotopic (exact) mass is 721 g/mol. The third-order valence-corrected chi connectivity index (χ3v) is 8.75. The molecular weight excluding hydrogens is 637 g/mol. The van der Waals surface area contributed by atoms with Gasteiger partial charge in [-0.05, 0) is 102 Å². The Hall–Kier alpha value is -3.38. The molecule has 0 heterocycles.